The van der Waals surface area contributed by atoms with E-state index in [1.54, 1.807) is 0 Å². The van der Waals surface area contributed by atoms with Gasteiger partial charge in [0.05, 0.1) is 6.20 Å². The summed E-state index contributed by atoms with van der Waals surface area (Å²) in [5.41, 5.74) is 0.475. The van der Waals surface area contributed by atoms with Crippen molar-refractivity contribution in [2.75, 3.05) is 5.32 Å². The van der Waals surface area contributed by atoms with E-state index in [0.717, 1.165) is 0 Å². The van der Waals surface area contributed by atoms with E-state index in [2.05, 4.69) is 30.2 Å². The summed E-state index contributed by atoms with van der Waals surface area (Å²) in [4.78, 5) is 15.5. The number of H-pyrrole nitrogens is 1. The predicted molar refractivity (Wildman–Crippen MR) is 50.2 cm³/mol. The smallest absolute Gasteiger partial charge is 0.295 e. The SMILES string of the molecule is CCc1nc(C(=O)Nc2cnoc2)n[nH]1. The molecule has 0 radical (unpaired) electrons. The Morgan fingerprint density at radius 1 is 1.67 bits per heavy atom. The molecule has 0 aliphatic rings. The molecule has 0 fully saturated rings. The molecule has 0 atom stereocenters. The van der Waals surface area contributed by atoms with Gasteiger partial charge in [0, 0.05) is 6.42 Å². The van der Waals surface area contributed by atoms with Crippen LogP contribution in [-0.4, -0.2) is 26.2 Å². The van der Waals surface area contributed by atoms with Crippen LogP contribution in [0.3, 0.4) is 0 Å². The minimum Gasteiger partial charge on any atom is -0.363 e. The quantitative estimate of drug-likeness (QED) is 0.768. The molecule has 2 aromatic rings. The molecule has 0 unspecified atom stereocenters. The van der Waals surface area contributed by atoms with Gasteiger partial charge in [-0.2, -0.15) is 0 Å². The van der Waals surface area contributed by atoms with Crippen molar-refractivity contribution in [1.29, 1.82) is 0 Å². The predicted octanol–water partition coefficient (Wildman–Crippen LogP) is 0.607. The third kappa shape index (κ3) is 2.01. The van der Waals surface area contributed by atoms with E-state index < -0.39 is 5.91 Å². The van der Waals surface area contributed by atoms with Gasteiger partial charge in [0.25, 0.3) is 5.91 Å². The average molecular weight is 207 g/mol. The molecule has 0 saturated carbocycles. The van der Waals surface area contributed by atoms with E-state index in [1.807, 2.05) is 6.92 Å². The van der Waals surface area contributed by atoms with Crippen molar-refractivity contribution in [3.63, 3.8) is 0 Å². The molecule has 0 spiro atoms. The molecule has 78 valence electrons. The number of rotatable bonds is 3. The van der Waals surface area contributed by atoms with Gasteiger partial charge in [-0.1, -0.05) is 12.1 Å². The van der Waals surface area contributed by atoms with Gasteiger partial charge in [0.15, 0.2) is 0 Å². The summed E-state index contributed by atoms with van der Waals surface area (Å²) < 4.78 is 4.56. The van der Waals surface area contributed by atoms with Gasteiger partial charge in [0.2, 0.25) is 5.82 Å². The second-order valence-electron chi connectivity index (χ2n) is 2.83. The minimum atomic E-state index is -0.394. The van der Waals surface area contributed by atoms with Crippen LogP contribution in [0, 0.1) is 0 Å². The lowest BCUT2D eigenvalue weighted by atomic mass is 10.4. The van der Waals surface area contributed by atoms with E-state index in [4.69, 9.17) is 0 Å². The zero-order valence-electron chi connectivity index (χ0n) is 8.02. The highest BCUT2D eigenvalue weighted by molar-refractivity contribution is 6.01. The van der Waals surface area contributed by atoms with Gasteiger partial charge in [-0.3, -0.25) is 9.89 Å². The summed E-state index contributed by atoms with van der Waals surface area (Å²) in [6, 6.07) is 0. The lowest BCUT2D eigenvalue weighted by molar-refractivity contribution is 0.101. The van der Waals surface area contributed by atoms with Crippen molar-refractivity contribution >= 4 is 11.6 Å². The molecule has 0 aliphatic heterocycles. The van der Waals surface area contributed by atoms with Crippen LogP contribution in [0.4, 0.5) is 5.69 Å². The van der Waals surface area contributed by atoms with Crippen LogP contribution >= 0.6 is 0 Å². The number of hydrogen-bond acceptors (Lipinski definition) is 5. The van der Waals surface area contributed by atoms with Crippen LogP contribution in [0.15, 0.2) is 17.0 Å². The molecule has 7 heteroatoms. The van der Waals surface area contributed by atoms with Crippen LogP contribution in [-0.2, 0) is 6.42 Å². The number of amides is 1. The number of carbonyl (C=O) groups excluding carboxylic acids is 1. The Morgan fingerprint density at radius 2 is 2.53 bits per heavy atom. The number of nitrogens with one attached hydrogen (secondary N) is 2. The van der Waals surface area contributed by atoms with Crippen LogP contribution in [0.1, 0.15) is 23.4 Å². The third-order valence-electron chi connectivity index (χ3n) is 1.76. The van der Waals surface area contributed by atoms with E-state index in [-0.39, 0.29) is 5.82 Å². The summed E-state index contributed by atoms with van der Waals surface area (Å²) >= 11 is 0. The Balaban J connectivity index is 2.08. The van der Waals surface area contributed by atoms with Gasteiger partial charge in [-0.25, -0.2) is 4.98 Å². The largest absolute Gasteiger partial charge is 0.363 e. The number of nitrogens with zero attached hydrogens (tertiary/aromatic N) is 3. The molecule has 7 nitrogen and oxygen atoms in total. The first-order valence-corrected chi connectivity index (χ1v) is 4.41. The molecule has 2 N–H and O–H groups in total. The summed E-state index contributed by atoms with van der Waals surface area (Å²) in [6.45, 7) is 1.92. The average Bonchev–Trinajstić information content (AvgIpc) is 2.86. The molecule has 0 saturated heterocycles. The number of aromatic amines is 1. The Morgan fingerprint density at radius 3 is 3.13 bits per heavy atom. The number of carbonyl (C=O) groups is 1. The maximum absolute atomic E-state index is 11.5. The fourth-order valence-corrected chi connectivity index (χ4v) is 1.01. The molecule has 15 heavy (non-hydrogen) atoms. The fraction of sp³-hybridized carbons (Fsp3) is 0.250. The second kappa shape index (κ2) is 3.91. The van der Waals surface area contributed by atoms with Crippen molar-refractivity contribution in [1.82, 2.24) is 20.3 Å². The normalized spacial score (nSPS) is 10.2. The zero-order chi connectivity index (χ0) is 10.7. The van der Waals surface area contributed by atoms with Gasteiger partial charge in [0.1, 0.15) is 17.8 Å². The molecule has 0 aliphatic carbocycles. The monoisotopic (exact) mass is 207 g/mol. The first-order chi connectivity index (χ1) is 7.29. The van der Waals surface area contributed by atoms with Crippen LogP contribution in [0.5, 0.6) is 0 Å². The van der Waals surface area contributed by atoms with Crippen LogP contribution in [0.2, 0.25) is 0 Å². The van der Waals surface area contributed by atoms with E-state index >= 15 is 0 Å². The lowest BCUT2D eigenvalue weighted by Gasteiger charge is -1.94. The third-order valence-corrected chi connectivity index (χ3v) is 1.76. The molecule has 2 aromatic heterocycles. The highest BCUT2D eigenvalue weighted by atomic mass is 16.5. The molecular formula is C8H9N5O2. The minimum absolute atomic E-state index is 0.105. The zero-order valence-corrected chi connectivity index (χ0v) is 8.02. The van der Waals surface area contributed by atoms with Crippen molar-refractivity contribution in [2.24, 2.45) is 0 Å². The lowest BCUT2D eigenvalue weighted by Crippen LogP contribution is -2.13. The topological polar surface area (TPSA) is 96.7 Å². The molecule has 0 bridgehead atoms. The Bertz CT molecular complexity index is 447. The summed E-state index contributed by atoms with van der Waals surface area (Å²) in [5.74, 6) is 0.382. The number of anilines is 1. The van der Waals surface area contributed by atoms with Crippen LogP contribution < -0.4 is 5.32 Å². The number of hydrogen-bond donors (Lipinski definition) is 2. The highest BCUT2D eigenvalue weighted by Crippen LogP contribution is 2.05. The molecular weight excluding hydrogens is 198 g/mol. The van der Waals surface area contributed by atoms with Gasteiger partial charge < -0.3 is 9.84 Å². The van der Waals surface area contributed by atoms with Gasteiger partial charge >= 0.3 is 0 Å². The molecule has 0 aromatic carbocycles. The number of aryl methyl sites for hydroxylation is 1. The molecule has 1 amide bonds. The molecule has 2 heterocycles. The summed E-state index contributed by atoms with van der Waals surface area (Å²) in [6.07, 6.45) is 3.42. The summed E-state index contributed by atoms with van der Waals surface area (Å²) in [7, 11) is 0. The maximum Gasteiger partial charge on any atom is 0.295 e. The van der Waals surface area contributed by atoms with Gasteiger partial charge in [-0.05, 0) is 0 Å². The Kier molecular flexibility index (Phi) is 2.44. The van der Waals surface area contributed by atoms with Crippen molar-refractivity contribution < 1.29 is 9.32 Å². The van der Waals surface area contributed by atoms with Crippen molar-refractivity contribution in [2.45, 2.75) is 13.3 Å². The fourth-order valence-electron chi connectivity index (χ4n) is 1.01. The second-order valence-corrected chi connectivity index (χ2v) is 2.83. The van der Waals surface area contributed by atoms with Gasteiger partial charge in [-0.15, -0.1) is 5.10 Å². The Hall–Kier alpha value is -2.18. The van der Waals surface area contributed by atoms with E-state index in [0.29, 0.717) is 17.9 Å². The highest BCUT2D eigenvalue weighted by Gasteiger charge is 2.12. The molecule has 2 rings (SSSR count). The first-order valence-electron chi connectivity index (χ1n) is 4.41. The van der Waals surface area contributed by atoms with Crippen molar-refractivity contribution in [3.05, 3.63) is 24.1 Å². The maximum atomic E-state index is 11.5. The standard InChI is InChI=1S/C8H9N5O2/c1-2-6-11-7(13-12-6)8(14)10-5-3-9-15-4-5/h3-4H,2H2,1H3,(H,10,14)(H,11,12,13). The van der Waals surface area contributed by atoms with E-state index in [1.165, 1.54) is 12.5 Å². The van der Waals surface area contributed by atoms with E-state index in [9.17, 15) is 4.79 Å². The summed E-state index contributed by atoms with van der Waals surface area (Å²) in [5, 5.41) is 12.4. The number of aromatic nitrogens is 4. The first kappa shape index (κ1) is 9.38. The van der Waals surface area contributed by atoms with Crippen LogP contribution in [0.25, 0.3) is 0 Å². The van der Waals surface area contributed by atoms with Crippen molar-refractivity contribution in [3.8, 4) is 0 Å². The Labute approximate surface area is 84.9 Å².